The molecule has 4 nitrogen and oxygen atoms in total. The number of nitrogens with zero attached hydrogens (tertiary/aromatic N) is 2. The van der Waals surface area contributed by atoms with Crippen LogP contribution in [0.5, 0.6) is 0 Å². The predicted molar refractivity (Wildman–Crippen MR) is 69.9 cm³/mol. The van der Waals surface area contributed by atoms with Crippen LogP contribution in [0.4, 0.5) is 0 Å². The van der Waals surface area contributed by atoms with Crippen LogP contribution in [0.25, 0.3) is 0 Å². The van der Waals surface area contributed by atoms with E-state index in [2.05, 4.69) is 11.0 Å². The number of rotatable bonds is 6. The van der Waals surface area contributed by atoms with E-state index in [1.165, 1.54) is 0 Å². The minimum atomic E-state index is -0.265. The van der Waals surface area contributed by atoms with E-state index in [4.69, 9.17) is 10.00 Å². The zero-order chi connectivity index (χ0) is 13.6. The average Bonchev–Trinajstić information content (AvgIpc) is 2.77. The second-order valence-corrected chi connectivity index (χ2v) is 5.55. The first kappa shape index (κ1) is 15.0. The highest BCUT2D eigenvalue weighted by molar-refractivity contribution is 5.76. The van der Waals surface area contributed by atoms with Gasteiger partial charge in [0, 0.05) is 0 Å². The van der Waals surface area contributed by atoms with Crippen LogP contribution >= 0.6 is 0 Å². The SMILES string of the molecule is CCOC(=O)C1CCCN1CCCC(C)(C)C#N. The topological polar surface area (TPSA) is 53.3 Å². The molecule has 0 aliphatic carbocycles. The second kappa shape index (κ2) is 6.75. The minimum absolute atomic E-state index is 0.0600. The molecule has 0 aromatic carbocycles. The largest absolute Gasteiger partial charge is 0.465 e. The van der Waals surface area contributed by atoms with Gasteiger partial charge in [-0.05, 0) is 59.5 Å². The molecule has 0 aromatic heterocycles. The second-order valence-electron chi connectivity index (χ2n) is 5.55. The van der Waals surface area contributed by atoms with E-state index in [0.29, 0.717) is 6.61 Å². The molecule has 1 fully saturated rings. The third kappa shape index (κ3) is 4.30. The van der Waals surface area contributed by atoms with Gasteiger partial charge in [-0.1, -0.05) is 0 Å². The van der Waals surface area contributed by atoms with E-state index >= 15 is 0 Å². The highest BCUT2D eigenvalue weighted by atomic mass is 16.5. The molecule has 1 unspecified atom stereocenters. The number of likely N-dealkylation sites (tertiary alicyclic amines) is 1. The van der Waals surface area contributed by atoms with Crippen molar-refractivity contribution in [2.24, 2.45) is 5.41 Å². The van der Waals surface area contributed by atoms with Crippen LogP contribution in [0.1, 0.15) is 46.5 Å². The molecule has 1 aliphatic rings. The van der Waals surface area contributed by atoms with Crippen LogP contribution in [0, 0.1) is 16.7 Å². The lowest BCUT2D eigenvalue weighted by Crippen LogP contribution is -2.38. The van der Waals surface area contributed by atoms with Crippen molar-refractivity contribution in [3.63, 3.8) is 0 Å². The quantitative estimate of drug-likeness (QED) is 0.681. The predicted octanol–water partition coefficient (Wildman–Crippen LogP) is 2.34. The molecule has 1 aliphatic heterocycles. The zero-order valence-electron chi connectivity index (χ0n) is 11.7. The standard InChI is InChI=1S/C14H24N2O2/c1-4-18-13(17)12-7-5-9-16(12)10-6-8-14(2,3)11-15/h12H,4-10H2,1-3H3. The van der Waals surface area contributed by atoms with Gasteiger partial charge in [0.2, 0.25) is 0 Å². The fourth-order valence-corrected chi connectivity index (χ4v) is 2.38. The molecule has 0 aromatic rings. The van der Waals surface area contributed by atoms with Crippen LogP contribution in [-0.2, 0) is 9.53 Å². The van der Waals surface area contributed by atoms with Gasteiger partial charge in [-0.15, -0.1) is 0 Å². The Kier molecular flexibility index (Phi) is 5.61. The Morgan fingerprint density at radius 1 is 1.56 bits per heavy atom. The maximum absolute atomic E-state index is 11.8. The molecule has 0 amide bonds. The van der Waals surface area contributed by atoms with Gasteiger partial charge in [0.15, 0.2) is 0 Å². The molecule has 0 radical (unpaired) electrons. The molecule has 1 atom stereocenters. The first-order chi connectivity index (χ1) is 8.50. The van der Waals surface area contributed by atoms with Gasteiger partial charge in [-0.2, -0.15) is 5.26 Å². The number of hydrogen-bond acceptors (Lipinski definition) is 4. The van der Waals surface area contributed by atoms with E-state index < -0.39 is 0 Å². The fraction of sp³-hybridized carbons (Fsp3) is 0.857. The molecule has 1 rings (SSSR count). The summed E-state index contributed by atoms with van der Waals surface area (Å²) < 4.78 is 5.09. The summed E-state index contributed by atoms with van der Waals surface area (Å²) in [5.74, 6) is -0.0884. The molecule has 18 heavy (non-hydrogen) atoms. The molecule has 0 N–H and O–H groups in total. The van der Waals surface area contributed by atoms with Crippen molar-refractivity contribution < 1.29 is 9.53 Å². The van der Waals surface area contributed by atoms with Crippen molar-refractivity contribution in [1.82, 2.24) is 4.90 Å². The molecule has 0 bridgehead atoms. The van der Waals surface area contributed by atoms with Gasteiger partial charge in [0.1, 0.15) is 6.04 Å². The first-order valence-electron chi connectivity index (χ1n) is 6.82. The van der Waals surface area contributed by atoms with Crippen LogP contribution in [-0.4, -0.2) is 36.6 Å². The number of esters is 1. The first-order valence-corrected chi connectivity index (χ1v) is 6.82. The molecule has 0 spiro atoms. The van der Waals surface area contributed by atoms with Crippen molar-refractivity contribution in [3.8, 4) is 6.07 Å². The van der Waals surface area contributed by atoms with Gasteiger partial charge in [0.25, 0.3) is 0 Å². The fourth-order valence-electron chi connectivity index (χ4n) is 2.38. The minimum Gasteiger partial charge on any atom is -0.465 e. The molecule has 1 saturated heterocycles. The smallest absolute Gasteiger partial charge is 0.323 e. The Hall–Kier alpha value is -1.08. The van der Waals surface area contributed by atoms with Crippen molar-refractivity contribution in [1.29, 1.82) is 5.26 Å². The highest BCUT2D eigenvalue weighted by Gasteiger charge is 2.31. The molecule has 0 saturated carbocycles. The third-order valence-electron chi connectivity index (χ3n) is 3.47. The van der Waals surface area contributed by atoms with E-state index in [1.54, 1.807) is 0 Å². The highest BCUT2D eigenvalue weighted by Crippen LogP contribution is 2.23. The maximum atomic E-state index is 11.8. The summed E-state index contributed by atoms with van der Waals surface area (Å²) in [4.78, 5) is 14.0. The number of carbonyl (C=O) groups excluding carboxylic acids is 1. The van der Waals surface area contributed by atoms with Gasteiger partial charge in [-0.25, -0.2) is 0 Å². The maximum Gasteiger partial charge on any atom is 0.323 e. The van der Waals surface area contributed by atoms with E-state index in [1.807, 2.05) is 20.8 Å². The van der Waals surface area contributed by atoms with Crippen LogP contribution in [0.15, 0.2) is 0 Å². The van der Waals surface area contributed by atoms with Crippen LogP contribution < -0.4 is 0 Å². The van der Waals surface area contributed by atoms with E-state index in [9.17, 15) is 4.79 Å². The van der Waals surface area contributed by atoms with Crippen molar-refractivity contribution in [2.45, 2.75) is 52.5 Å². The van der Waals surface area contributed by atoms with Crippen molar-refractivity contribution in [2.75, 3.05) is 19.7 Å². The molecular weight excluding hydrogens is 228 g/mol. The lowest BCUT2D eigenvalue weighted by molar-refractivity contribution is -0.148. The van der Waals surface area contributed by atoms with E-state index in [0.717, 1.165) is 38.8 Å². The van der Waals surface area contributed by atoms with Crippen LogP contribution in [0.3, 0.4) is 0 Å². The lowest BCUT2D eigenvalue weighted by Gasteiger charge is -2.24. The Morgan fingerprint density at radius 3 is 2.89 bits per heavy atom. The number of nitriles is 1. The Balaban J connectivity index is 2.37. The number of ether oxygens (including phenoxy) is 1. The van der Waals surface area contributed by atoms with Crippen molar-refractivity contribution >= 4 is 5.97 Å². The molecule has 4 heteroatoms. The zero-order valence-corrected chi connectivity index (χ0v) is 11.7. The summed E-state index contributed by atoms with van der Waals surface area (Å²) in [6, 6.07) is 2.25. The summed E-state index contributed by atoms with van der Waals surface area (Å²) in [6.07, 6.45) is 3.79. The summed E-state index contributed by atoms with van der Waals surface area (Å²) in [5.41, 5.74) is -0.265. The average molecular weight is 252 g/mol. The van der Waals surface area contributed by atoms with Crippen molar-refractivity contribution in [3.05, 3.63) is 0 Å². The molecule has 102 valence electrons. The number of carbonyl (C=O) groups is 1. The summed E-state index contributed by atoms with van der Waals surface area (Å²) >= 11 is 0. The number of hydrogen-bond donors (Lipinski definition) is 0. The van der Waals surface area contributed by atoms with Gasteiger partial charge >= 0.3 is 5.97 Å². The summed E-state index contributed by atoms with van der Waals surface area (Å²) in [5, 5.41) is 8.96. The normalized spacial score (nSPS) is 20.7. The lowest BCUT2D eigenvalue weighted by atomic mass is 9.90. The van der Waals surface area contributed by atoms with Crippen LogP contribution in [0.2, 0.25) is 0 Å². The molecular formula is C14H24N2O2. The van der Waals surface area contributed by atoms with E-state index in [-0.39, 0.29) is 17.4 Å². The van der Waals surface area contributed by atoms with Gasteiger partial charge < -0.3 is 4.74 Å². The van der Waals surface area contributed by atoms with Gasteiger partial charge in [-0.3, -0.25) is 9.69 Å². The summed E-state index contributed by atoms with van der Waals surface area (Å²) in [7, 11) is 0. The van der Waals surface area contributed by atoms with Gasteiger partial charge in [0.05, 0.1) is 18.1 Å². The monoisotopic (exact) mass is 252 g/mol. The Morgan fingerprint density at radius 2 is 2.28 bits per heavy atom. The summed E-state index contributed by atoms with van der Waals surface area (Å²) in [6.45, 7) is 8.06. The molecule has 1 heterocycles. The third-order valence-corrected chi connectivity index (χ3v) is 3.47. The Labute approximate surface area is 110 Å². The Bertz CT molecular complexity index is 320.